The number of fused-ring (bicyclic) bond motifs is 1. The van der Waals surface area contributed by atoms with E-state index in [4.69, 9.17) is 5.11 Å². The lowest BCUT2D eigenvalue weighted by atomic mass is 9.86. The molecule has 0 saturated carbocycles. The molecule has 5 heteroatoms. The Morgan fingerprint density at radius 2 is 2.30 bits per heavy atom. The van der Waals surface area contributed by atoms with Crippen molar-refractivity contribution in [3.8, 4) is 0 Å². The topological polar surface area (TPSA) is 57.6 Å². The first-order valence-electron chi connectivity index (χ1n) is 7.13. The second kappa shape index (κ2) is 6.39. The smallest absolute Gasteiger partial charge is 0.305 e. The van der Waals surface area contributed by atoms with E-state index < -0.39 is 5.97 Å². The van der Waals surface area contributed by atoms with Gasteiger partial charge in [-0.15, -0.1) is 11.3 Å². The number of amides is 1. The average Bonchev–Trinajstić information content (AvgIpc) is 2.86. The minimum Gasteiger partial charge on any atom is -0.481 e. The Hall–Kier alpha value is -1.36. The van der Waals surface area contributed by atoms with Crippen LogP contribution in [0.3, 0.4) is 0 Å². The van der Waals surface area contributed by atoms with Crippen molar-refractivity contribution in [1.82, 2.24) is 4.90 Å². The van der Waals surface area contributed by atoms with Gasteiger partial charge in [-0.3, -0.25) is 9.59 Å². The molecule has 4 nitrogen and oxygen atoms in total. The summed E-state index contributed by atoms with van der Waals surface area (Å²) in [6.45, 7) is 4.28. The van der Waals surface area contributed by atoms with Crippen LogP contribution in [0, 0.1) is 0 Å². The number of carbonyl (C=O) groups excluding carboxylic acids is 1. The summed E-state index contributed by atoms with van der Waals surface area (Å²) in [6.07, 6.45) is 2.98. The first-order valence-corrected chi connectivity index (χ1v) is 8.01. The highest BCUT2D eigenvalue weighted by molar-refractivity contribution is 7.10. The maximum atomic E-state index is 12.8. The molecule has 2 rings (SSSR count). The van der Waals surface area contributed by atoms with Crippen LogP contribution in [0.15, 0.2) is 11.4 Å². The summed E-state index contributed by atoms with van der Waals surface area (Å²) in [7, 11) is 0. The van der Waals surface area contributed by atoms with Crippen LogP contribution in [-0.2, 0) is 16.0 Å². The summed E-state index contributed by atoms with van der Waals surface area (Å²) < 4.78 is 0. The van der Waals surface area contributed by atoms with Gasteiger partial charge in [0.25, 0.3) is 0 Å². The molecule has 1 aromatic rings. The van der Waals surface area contributed by atoms with Crippen LogP contribution in [0.5, 0.6) is 0 Å². The normalized spacial score (nSPS) is 19.2. The molecule has 20 heavy (non-hydrogen) atoms. The molecular formula is C15H21NO3S. The van der Waals surface area contributed by atoms with Gasteiger partial charge in [-0.1, -0.05) is 0 Å². The predicted molar refractivity (Wildman–Crippen MR) is 79.1 cm³/mol. The first-order chi connectivity index (χ1) is 9.54. The number of carbonyl (C=O) groups is 2. The van der Waals surface area contributed by atoms with Gasteiger partial charge >= 0.3 is 5.97 Å². The molecule has 0 saturated heterocycles. The highest BCUT2D eigenvalue weighted by Crippen LogP contribution is 2.36. The second-order valence-electron chi connectivity index (χ2n) is 5.32. The number of nitrogens with zero attached hydrogens (tertiary/aromatic N) is 1. The quantitative estimate of drug-likeness (QED) is 0.908. The van der Waals surface area contributed by atoms with Gasteiger partial charge in [0, 0.05) is 17.5 Å². The lowest BCUT2D eigenvalue weighted by Gasteiger charge is -2.32. The van der Waals surface area contributed by atoms with E-state index in [1.165, 1.54) is 4.88 Å². The van der Waals surface area contributed by atoms with Gasteiger partial charge in [0.1, 0.15) is 0 Å². The molecule has 1 aromatic heterocycles. The average molecular weight is 295 g/mol. The molecule has 2 atom stereocenters. The predicted octanol–water partition coefficient (Wildman–Crippen LogP) is 2.88. The summed E-state index contributed by atoms with van der Waals surface area (Å²) in [5, 5.41) is 11.0. The lowest BCUT2D eigenvalue weighted by Crippen LogP contribution is -2.42. The van der Waals surface area contributed by atoms with Crippen molar-refractivity contribution in [1.29, 1.82) is 0 Å². The molecule has 0 aliphatic heterocycles. The third-order valence-corrected chi connectivity index (χ3v) is 4.97. The Morgan fingerprint density at radius 1 is 1.55 bits per heavy atom. The standard InChI is InChI=1S/C15H21NO3S/c1-3-16(10(2)9-14(17)18)15(19)12-5-4-6-13-11(12)7-8-20-13/h7-8,10,12H,3-6,9H2,1-2H3,(H,17,18). The molecule has 0 radical (unpaired) electrons. The van der Waals surface area contributed by atoms with Crippen LogP contribution < -0.4 is 0 Å². The number of likely N-dealkylation sites (N-methyl/N-ethyl adjacent to an activating group) is 1. The van der Waals surface area contributed by atoms with Gasteiger partial charge in [-0.05, 0) is 50.1 Å². The maximum Gasteiger partial charge on any atom is 0.305 e. The Labute approximate surface area is 123 Å². The van der Waals surface area contributed by atoms with Gasteiger partial charge in [0.05, 0.1) is 12.3 Å². The molecular weight excluding hydrogens is 274 g/mol. The third-order valence-electron chi connectivity index (χ3n) is 3.98. The molecule has 1 amide bonds. The molecule has 2 unspecified atom stereocenters. The van der Waals surface area contributed by atoms with Gasteiger partial charge < -0.3 is 10.0 Å². The number of carboxylic acids is 1. The molecule has 1 aliphatic carbocycles. The van der Waals surface area contributed by atoms with E-state index in [0.29, 0.717) is 6.54 Å². The molecule has 0 aromatic carbocycles. The number of aryl methyl sites for hydroxylation is 1. The SMILES string of the molecule is CCN(C(=O)C1CCCc2sccc21)C(C)CC(=O)O. The summed E-state index contributed by atoms with van der Waals surface area (Å²) in [6, 6.07) is 1.80. The van der Waals surface area contributed by atoms with E-state index in [1.807, 2.05) is 19.2 Å². The molecule has 1 aliphatic rings. The lowest BCUT2D eigenvalue weighted by molar-refractivity contribution is -0.141. The highest BCUT2D eigenvalue weighted by atomic mass is 32.1. The molecule has 110 valence electrons. The first kappa shape index (κ1) is 15.0. The van der Waals surface area contributed by atoms with E-state index in [2.05, 4.69) is 6.07 Å². The van der Waals surface area contributed by atoms with Crippen LogP contribution >= 0.6 is 11.3 Å². The van der Waals surface area contributed by atoms with Crippen LogP contribution in [0.1, 0.15) is 49.5 Å². The molecule has 1 heterocycles. The minimum atomic E-state index is -0.858. The highest BCUT2D eigenvalue weighted by Gasteiger charge is 2.32. The number of aliphatic carboxylic acids is 1. The Kier molecular flexibility index (Phi) is 4.81. The Morgan fingerprint density at radius 3 is 2.95 bits per heavy atom. The van der Waals surface area contributed by atoms with Crippen molar-refractivity contribution in [2.75, 3.05) is 6.54 Å². The van der Waals surface area contributed by atoms with Gasteiger partial charge in [-0.2, -0.15) is 0 Å². The van der Waals surface area contributed by atoms with E-state index in [0.717, 1.165) is 24.8 Å². The van der Waals surface area contributed by atoms with E-state index in [-0.39, 0.29) is 24.3 Å². The van der Waals surface area contributed by atoms with Crippen molar-refractivity contribution in [3.05, 3.63) is 21.9 Å². The summed E-state index contributed by atoms with van der Waals surface area (Å²) >= 11 is 1.72. The number of rotatable bonds is 5. The van der Waals surface area contributed by atoms with Crippen molar-refractivity contribution in [2.45, 2.75) is 51.5 Å². The van der Waals surface area contributed by atoms with Crippen LogP contribution in [0.4, 0.5) is 0 Å². The van der Waals surface area contributed by atoms with Crippen LogP contribution in [0.25, 0.3) is 0 Å². The fourth-order valence-corrected chi connectivity index (χ4v) is 3.98. The van der Waals surface area contributed by atoms with Crippen molar-refractivity contribution >= 4 is 23.2 Å². The molecule has 0 bridgehead atoms. The molecule has 0 fully saturated rings. The zero-order valence-electron chi connectivity index (χ0n) is 12.0. The monoisotopic (exact) mass is 295 g/mol. The maximum absolute atomic E-state index is 12.8. The van der Waals surface area contributed by atoms with E-state index >= 15 is 0 Å². The number of hydrogen-bond donors (Lipinski definition) is 1. The number of thiophene rings is 1. The van der Waals surface area contributed by atoms with Gasteiger partial charge in [0.2, 0.25) is 5.91 Å². The summed E-state index contributed by atoms with van der Waals surface area (Å²) in [5.41, 5.74) is 1.16. The zero-order valence-corrected chi connectivity index (χ0v) is 12.8. The van der Waals surface area contributed by atoms with E-state index in [1.54, 1.807) is 16.2 Å². The molecule has 0 spiro atoms. The van der Waals surface area contributed by atoms with Gasteiger partial charge in [-0.25, -0.2) is 0 Å². The van der Waals surface area contributed by atoms with Crippen LogP contribution in [0.2, 0.25) is 0 Å². The van der Waals surface area contributed by atoms with Crippen molar-refractivity contribution in [3.63, 3.8) is 0 Å². The number of hydrogen-bond acceptors (Lipinski definition) is 3. The Bertz CT molecular complexity index is 497. The largest absolute Gasteiger partial charge is 0.481 e. The zero-order chi connectivity index (χ0) is 14.7. The fraction of sp³-hybridized carbons (Fsp3) is 0.600. The summed E-state index contributed by atoms with van der Waals surface area (Å²) in [5.74, 6) is -0.856. The van der Waals surface area contributed by atoms with Crippen molar-refractivity contribution < 1.29 is 14.7 Å². The molecule has 1 N–H and O–H groups in total. The summed E-state index contributed by atoms with van der Waals surface area (Å²) in [4.78, 5) is 26.6. The fourth-order valence-electron chi connectivity index (χ4n) is 2.99. The second-order valence-corrected chi connectivity index (χ2v) is 6.32. The third kappa shape index (κ3) is 3.03. The minimum absolute atomic E-state index is 0.00277. The number of carboxylic acid groups (broad SMARTS) is 1. The van der Waals surface area contributed by atoms with E-state index in [9.17, 15) is 9.59 Å². The van der Waals surface area contributed by atoms with Crippen LogP contribution in [-0.4, -0.2) is 34.5 Å². The van der Waals surface area contributed by atoms with Gasteiger partial charge in [0.15, 0.2) is 0 Å². The van der Waals surface area contributed by atoms with Crippen molar-refractivity contribution in [2.24, 2.45) is 0 Å². The Balaban J connectivity index is 2.16.